The van der Waals surface area contributed by atoms with Gasteiger partial charge >= 0.3 is 5.97 Å². The Hall–Kier alpha value is -2.05. The molecule has 1 aliphatic heterocycles. The van der Waals surface area contributed by atoms with Crippen molar-refractivity contribution in [1.82, 2.24) is 4.90 Å². The summed E-state index contributed by atoms with van der Waals surface area (Å²) >= 11 is 0. The molecule has 1 aliphatic rings. The number of carbonyl (C=O) groups is 1. The molecule has 1 fully saturated rings. The third-order valence-electron chi connectivity index (χ3n) is 5.46. The summed E-state index contributed by atoms with van der Waals surface area (Å²) in [5.74, 6) is 0.544. The Morgan fingerprint density at radius 2 is 1.93 bits per heavy atom. The summed E-state index contributed by atoms with van der Waals surface area (Å²) in [5.41, 5.74) is 3.49. The zero-order valence-corrected chi connectivity index (χ0v) is 17.7. The Morgan fingerprint density at radius 3 is 2.50 bits per heavy atom. The van der Waals surface area contributed by atoms with Gasteiger partial charge in [0, 0.05) is 42.9 Å². The first-order valence-electron chi connectivity index (χ1n) is 10.2. The van der Waals surface area contributed by atoms with E-state index in [1.54, 1.807) is 0 Å². The van der Waals surface area contributed by atoms with E-state index in [0.29, 0.717) is 18.2 Å². The molecule has 154 valence electrons. The van der Waals surface area contributed by atoms with Gasteiger partial charge in [-0.25, -0.2) is 4.79 Å². The smallest absolute Gasteiger partial charge is 0.338 e. The molecule has 1 aromatic heterocycles. The number of nitrogens with zero attached hydrogens (tertiary/aromatic N) is 2. The van der Waals surface area contributed by atoms with E-state index >= 15 is 0 Å². The third-order valence-corrected chi connectivity index (χ3v) is 5.46. The van der Waals surface area contributed by atoms with E-state index in [1.165, 1.54) is 7.11 Å². The standard InChI is InChI=1S/C22H32N2O4/c1-6-17-19(24(7-2)15-8-10-27-11-9-15)13-20-18(21(17)22(25)26-5)12-16(28-20)14-23(3)4/h12-13,15H,6-11,14H2,1-5H3. The predicted octanol–water partition coefficient (Wildman–Crippen LogP) is 3.85. The van der Waals surface area contributed by atoms with Gasteiger partial charge in [0.1, 0.15) is 11.3 Å². The van der Waals surface area contributed by atoms with Crippen LogP contribution in [-0.4, -0.2) is 57.9 Å². The lowest BCUT2D eigenvalue weighted by atomic mass is 9.96. The Kier molecular flexibility index (Phi) is 6.62. The van der Waals surface area contributed by atoms with E-state index < -0.39 is 0 Å². The van der Waals surface area contributed by atoms with Crippen molar-refractivity contribution in [3.8, 4) is 0 Å². The van der Waals surface area contributed by atoms with Gasteiger partial charge in [0.25, 0.3) is 0 Å². The van der Waals surface area contributed by atoms with Gasteiger partial charge in [0.05, 0.1) is 19.2 Å². The zero-order chi connectivity index (χ0) is 20.3. The van der Waals surface area contributed by atoms with E-state index in [-0.39, 0.29) is 5.97 Å². The lowest BCUT2D eigenvalue weighted by molar-refractivity contribution is 0.0601. The minimum atomic E-state index is -0.302. The lowest BCUT2D eigenvalue weighted by Gasteiger charge is -2.36. The van der Waals surface area contributed by atoms with Crippen LogP contribution in [0, 0.1) is 0 Å². The molecule has 3 rings (SSSR count). The van der Waals surface area contributed by atoms with Crippen molar-refractivity contribution in [2.24, 2.45) is 0 Å². The molecule has 2 heterocycles. The van der Waals surface area contributed by atoms with Crippen LogP contribution in [0.15, 0.2) is 16.5 Å². The number of hydrogen-bond donors (Lipinski definition) is 0. The highest BCUT2D eigenvalue weighted by atomic mass is 16.5. The van der Waals surface area contributed by atoms with Crippen LogP contribution in [0.25, 0.3) is 11.0 Å². The second-order valence-electron chi connectivity index (χ2n) is 7.59. The van der Waals surface area contributed by atoms with Crippen molar-refractivity contribution < 1.29 is 18.7 Å². The number of hydrogen-bond acceptors (Lipinski definition) is 6. The van der Waals surface area contributed by atoms with E-state index in [2.05, 4.69) is 29.7 Å². The Bertz CT molecular complexity index is 822. The topological polar surface area (TPSA) is 55.2 Å². The van der Waals surface area contributed by atoms with E-state index in [4.69, 9.17) is 13.9 Å². The Morgan fingerprint density at radius 1 is 1.21 bits per heavy atom. The fourth-order valence-electron chi connectivity index (χ4n) is 4.22. The van der Waals surface area contributed by atoms with Crippen LogP contribution in [0.3, 0.4) is 0 Å². The molecule has 0 atom stereocenters. The summed E-state index contributed by atoms with van der Waals surface area (Å²) in [5, 5.41) is 0.840. The predicted molar refractivity (Wildman–Crippen MR) is 111 cm³/mol. The van der Waals surface area contributed by atoms with Crippen molar-refractivity contribution in [3.63, 3.8) is 0 Å². The van der Waals surface area contributed by atoms with Crippen molar-refractivity contribution in [1.29, 1.82) is 0 Å². The monoisotopic (exact) mass is 388 g/mol. The zero-order valence-electron chi connectivity index (χ0n) is 17.7. The van der Waals surface area contributed by atoms with Crippen LogP contribution < -0.4 is 4.90 Å². The molecule has 0 amide bonds. The van der Waals surface area contributed by atoms with Gasteiger partial charge < -0.3 is 23.7 Å². The summed E-state index contributed by atoms with van der Waals surface area (Å²) in [4.78, 5) is 17.2. The maximum absolute atomic E-state index is 12.8. The Balaban J connectivity index is 2.18. The van der Waals surface area contributed by atoms with E-state index in [9.17, 15) is 4.79 Å². The average Bonchev–Trinajstić information content (AvgIpc) is 3.08. The number of ether oxygens (including phenoxy) is 2. The molecular formula is C22H32N2O4. The molecule has 2 aromatic rings. The van der Waals surface area contributed by atoms with Crippen LogP contribution in [0.4, 0.5) is 5.69 Å². The molecule has 0 N–H and O–H groups in total. The number of methoxy groups -OCH3 is 1. The largest absolute Gasteiger partial charge is 0.465 e. The first-order valence-corrected chi connectivity index (χ1v) is 10.2. The third kappa shape index (κ3) is 4.03. The van der Waals surface area contributed by atoms with Crippen molar-refractivity contribution >= 4 is 22.6 Å². The molecule has 0 aliphatic carbocycles. The normalized spacial score (nSPS) is 15.4. The maximum Gasteiger partial charge on any atom is 0.338 e. The minimum Gasteiger partial charge on any atom is -0.465 e. The summed E-state index contributed by atoms with van der Waals surface area (Å²) in [6, 6.07) is 4.50. The number of carbonyl (C=O) groups excluding carboxylic acids is 1. The highest BCUT2D eigenvalue weighted by molar-refractivity contribution is 6.07. The van der Waals surface area contributed by atoms with Crippen LogP contribution in [0.5, 0.6) is 0 Å². The second kappa shape index (κ2) is 8.97. The molecule has 0 unspecified atom stereocenters. The lowest BCUT2D eigenvalue weighted by Crippen LogP contribution is -2.40. The van der Waals surface area contributed by atoms with Crippen molar-refractivity contribution in [2.45, 2.75) is 45.7 Å². The summed E-state index contributed by atoms with van der Waals surface area (Å²) < 4.78 is 16.8. The first-order chi connectivity index (χ1) is 13.5. The molecule has 0 saturated carbocycles. The fraction of sp³-hybridized carbons (Fsp3) is 0.591. The number of anilines is 1. The molecule has 28 heavy (non-hydrogen) atoms. The number of fused-ring (bicyclic) bond motifs is 1. The average molecular weight is 389 g/mol. The molecule has 6 heteroatoms. The van der Waals surface area contributed by atoms with Crippen LogP contribution in [0.2, 0.25) is 0 Å². The molecule has 0 bridgehead atoms. The molecule has 1 aromatic carbocycles. The van der Waals surface area contributed by atoms with E-state index in [1.807, 2.05) is 20.2 Å². The number of furan rings is 1. The van der Waals surface area contributed by atoms with Crippen molar-refractivity contribution in [3.05, 3.63) is 29.0 Å². The highest BCUT2D eigenvalue weighted by Crippen LogP contribution is 2.37. The fourth-order valence-corrected chi connectivity index (χ4v) is 4.22. The second-order valence-corrected chi connectivity index (χ2v) is 7.59. The van der Waals surface area contributed by atoms with E-state index in [0.717, 1.165) is 67.0 Å². The summed E-state index contributed by atoms with van der Waals surface area (Å²) in [6.07, 6.45) is 2.74. The van der Waals surface area contributed by atoms with Gasteiger partial charge in [-0.2, -0.15) is 0 Å². The maximum atomic E-state index is 12.8. The minimum absolute atomic E-state index is 0.302. The van der Waals surface area contributed by atoms with Gasteiger partial charge in [0.2, 0.25) is 0 Å². The van der Waals surface area contributed by atoms with Crippen LogP contribution >= 0.6 is 0 Å². The van der Waals surface area contributed by atoms with Crippen LogP contribution in [-0.2, 0) is 22.4 Å². The molecule has 0 radical (unpaired) electrons. The molecule has 0 spiro atoms. The van der Waals surface area contributed by atoms with Gasteiger partial charge in [-0.05, 0) is 51.9 Å². The van der Waals surface area contributed by atoms with Gasteiger partial charge in [-0.3, -0.25) is 0 Å². The SMILES string of the molecule is CCc1c(N(CC)C2CCOCC2)cc2oc(CN(C)C)cc2c1C(=O)OC. The first kappa shape index (κ1) is 20.7. The van der Waals surface area contributed by atoms with Crippen LogP contribution in [0.1, 0.15) is 48.4 Å². The Labute approximate surface area is 167 Å². The van der Waals surface area contributed by atoms with Gasteiger partial charge in [0.15, 0.2) is 0 Å². The number of benzene rings is 1. The number of rotatable bonds is 7. The molecule has 1 saturated heterocycles. The van der Waals surface area contributed by atoms with Gasteiger partial charge in [-0.15, -0.1) is 0 Å². The summed E-state index contributed by atoms with van der Waals surface area (Å²) in [6.45, 7) is 7.37. The highest BCUT2D eigenvalue weighted by Gasteiger charge is 2.28. The van der Waals surface area contributed by atoms with Gasteiger partial charge in [-0.1, -0.05) is 6.92 Å². The molecular weight excluding hydrogens is 356 g/mol. The quantitative estimate of drug-likeness (QED) is 0.672. The summed E-state index contributed by atoms with van der Waals surface area (Å²) in [7, 11) is 5.44. The number of esters is 1. The van der Waals surface area contributed by atoms with Crippen molar-refractivity contribution in [2.75, 3.05) is 45.9 Å². The molecule has 6 nitrogen and oxygen atoms in total.